The monoisotopic (exact) mass is 242 g/mol. The Morgan fingerprint density at radius 2 is 1.67 bits per heavy atom. The Morgan fingerprint density at radius 3 is 2.22 bits per heavy atom. The zero-order valence-electron chi connectivity index (χ0n) is 9.97. The second-order valence-electron chi connectivity index (χ2n) is 4.13. The molecule has 0 aliphatic rings. The van der Waals surface area contributed by atoms with E-state index in [1.54, 1.807) is 30.3 Å². The normalized spacial score (nSPS) is 10.3. The van der Waals surface area contributed by atoms with Crippen LogP contribution in [0.1, 0.15) is 15.9 Å². The lowest BCUT2D eigenvalue weighted by Crippen LogP contribution is -2.03. The number of hydrogen-bond donors (Lipinski definition) is 3. The smallest absolute Gasteiger partial charge is 0.336 e. The standard InChI is InChI=1S/C14H14N2O2/c1-8-12(16)7-6-11(14(17)18)13(8)9-2-4-10(15)5-3-9/h2-7H,15-16H2,1H3,(H,17,18). The highest BCUT2D eigenvalue weighted by Crippen LogP contribution is 2.31. The van der Waals surface area contributed by atoms with E-state index in [2.05, 4.69) is 0 Å². The summed E-state index contributed by atoms with van der Waals surface area (Å²) in [5, 5.41) is 9.23. The molecule has 2 rings (SSSR count). The van der Waals surface area contributed by atoms with Crippen LogP contribution in [0.15, 0.2) is 36.4 Å². The summed E-state index contributed by atoms with van der Waals surface area (Å²) in [4.78, 5) is 11.3. The number of benzene rings is 2. The van der Waals surface area contributed by atoms with Gasteiger partial charge >= 0.3 is 5.97 Å². The molecule has 0 aliphatic carbocycles. The van der Waals surface area contributed by atoms with Gasteiger partial charge in [0, 0.05) is 16.9 Å². The highest BCUT2D eigenvalue weighted by atomic mass is 16.4. The molecule has 0 saturated heterocycles. The maximum atomic E-state index is 11.3. The van der Waals surface area contributed by atoms with Crippen LogP contribution in [0.3, 0.4) is 0 Å². The summed E-state index contributed by atoms with van der Waals surface area (Å²) in [5.74, 6) is -0.968. The molecule has 5 N–H and O–H groups in total. The van der Waals surface area contributed by atoms with Crippen molar-refractivity contribution in [3.05, 3.63) is 47.5 Å². The predicted molar refractivity (Wildman–Crippen MR) is 72.4 cm³/mol. The summed E-state index contributed by atoms with van der Waals surface area (Å²) in [6.07, 6.45) is 0. The lowest BCUT2D eigenvalue weighted by atomic mass is 9.94. The first-order valence-electron chi connectivity index (χ1n) is 5.49. The van der Waals surface area contributed by atoms with Crippen LogP contribution in [0.5, 0.6) is 0 Å². The van der Waals surface area contributed by atoms with Crippen molar-refractivity contribution in [1.29, 1.82) is 0 Å². The quantitative estimate of drug-likeness (QED) is 0.706. The van der Waals surface area contributed by atoms with Gasteiger partial charge in [-0.3, -0.25) is 0 Å². The fraction of sp³-hybridized carbons (Fsp3) is 0.0714. The van der Waals surface area contributed by atoms with E-state index in [0.29, 0.717) is 16.9 Å². The van der Waals surface area contributed by atoms with Crippen molar-refractivity contribution < 1.29 is 9.90 Å². The molecule has 0 unspecified atom stereocenters. The average molecular weight is 242 g/mol. The van der Waals surface area contributed by atoms with Crippen LogP contribution in [-0.4, -0.2) is 11.1 Å². The van der Waals surface area contributed by atoms with Gasteiger partial charge in [0.25, 0.3) is 0 Å². The van der Waals surface area contributed by atoms with Gasteiger partial charge in [-0.2, -0.15) is 0 Å². The van der Waals surface area contributed by atoms with Gasteiger partial charge in [0.1, 0.15) is 0 Å². The number of hydrogen-bond acceptors (Lipinski definition) is 3. The van der Waals surface area contributed by atoms with Crippen LogP contribution in [0.25, 0.3) is 11.1 Å². The summed E-state index contributed by atoms with van der Waals surface area (Å²) in [5.41, 5.74) is 15.1. The molecule has 18 heavy (non-hydrogen) atoms. The highest BCUT2D eigenvalue weighted by molar-refractivity contribution is 5.98. The Bertz CT molecular complexity index is 604. The van der Waals surface area contributed by atoms with E-state index in [4.69, 9.17) is 11.5 Å². The molecule has 92 valence electrons. The van der Waals surface area contributed by atoms with E-state index >= 15 is 0 Å². The van der Waals surface area contributed by atoms with E-state index < -0.39 is 5.97 Å². The van der Waals surface area contributed by atoms with Crippen LogP contribution >= 0.6 is 0 Å². The third-order valence-corrected chi connectivity index (χ3v) is 2.94. The number of aromatic carboxylic acids is 1. The summed E-state index contributed by atoms with van der Waals surface area (Å²) >= 11 is 0. The van der Waals surface area contributed by atoms with Crippen molar-refractivity contribution in [1.82, 2.24) is 0 Å². The summed E-state index contributed by atoms with van der Waals surface area (Å²) in [6.45, 7) is 1.81. The van der Waals surface area contributed by atoms with Crippen LogP contribution in [0, 0.1) is 6.92 Å². The molecule has 0 saturated carbocycles. The molecule has 2 aromatic carbocycles. The Morgan fingerprint density at radius 1 is 1.06 bits per heavy atom. The van der Waals surface area contributed by atoms with E-state index in [1.807, 2.05) is 6.92 Å². The number of carbonyl (C=O) groups is 1. The fourth-order valence-electron chi connectivity index (χ4n) is 1.93. The predicted octanol–water partition coefficient (Wildman–Crippen LogP) is 2.52. The number of carboxylic acid groups (broad SMARTS) is 1. The zero-order chi connectivity index (χ0) is 13.3. The molecular formula is C14H14N2O2. The van der Waals surface area contributed by atoms with E-state index in [0.717, 1.165) is 11.1 Å². The number of rotatable bonds is 2. The third-order valence-electron chi connectivity index (χ3n) is 2.94. The van der Waals surface area contributed by atoms with Crippen molar-refractivity contribution in [3.63, 3.8) is 0 Å². The maximum absolute atomic E-state index is 11.3. The molecule has 0 amide bonds. The number of nitrogens with two attached hydrogens (primary N) is 2. The van der Waals surface area contributed by atoms with Crippen LogP contribution in [-0.2, 0) is 0 Å². The molecule has 0 fully saturated rings. The van der Waals surface area contributed by atoms with Crippen molar-refractivity contribution in [2.45, 2.75) is 6.92 Å². The summed E-state index contributed by atoms with van der Waals surface area (Å²) in [7, 11) is 0. The van der Waals surface area contributed by atoms with Gasteiger partial charge in [-0.15, -0.1) is 0 Å². The lowest BCUT2D eigenvalue weighted by molar-refractivity contribution is 0.0697. The Labute approximate surface area is 105 Å². The first-order valence-corrected chi connectivity index (χ1v) is 5.49. The van der Waals surface area contributed by atoms with E-state index in [-0.39, 0.29) is 5.56 Å². The second-order valence-corrected chi connectivity index (χ2v) is 4.13. The fourth-order valence-corrected chi connectivity index (χ4v) is 1.93. The molecule has 0 radical (unpaired) electrons. The first kappa shape index (κ1) is 12.0. The molecule has 0 heterocycles. The van der Waals surface area contributed by atoms with E-state index in [1.165, 1.54) is 6.07 Å². The molecule has 4 heteroatoms. The van der Waals surface area contributed by atoms with Gasteiger partial charge in [0.15, 0.2) is 0 Å². The molecule has 0 aliphatic heterocycles. The molecule has 0 spiro atoms. The van der Waals surface area contributed by atoms with Gasteiger partial charge in [0.05, 0.1) is 5.56 Å². The number of nitrogen functional groups attached to an aromatic ring is 2. The molecule has 0 aromatic heterocycles. The largest absolute Gasteiger partial charge is 0.478 e. The maximum Gasteiger partial charge on any atom is 0.336 e. The topological polar surface area (TPSA) is 89.3 Å². The lowest BCUT2D eigenvalue weighted by Gasteiger charge is -2.12. The molecular weight excluding hydrogens is 228 g/mol. The number of anilines is 2. The SMILES string of the molecule is Cc1c(N)ccc(C(=O)O)c1-c1ccc(N)cc1. The second kappa shape index (κ2) is 4.41. The van der Waals surface area contributed by atoms with Gasteiger partial charge in [-0.25, -0.2) is 4.79 Å². The molecule has 4 nitrogen and oxygen atoms in total. The van der Waals surface area contributed by atoms with Crippen molar-refractivity contribution >= 4 is 17.3 Å². The van der Waals surface area contributed by atoms with Crippen LogP contribution in [0.4, 0.5) is 11.4 Å². The molecule has 0 atom stereocenters. The number of carboxylic acids is 1. The minimum absolute atomic E-state index is 0.242. The van der Waals surface area contributed by atoms with Crippen molar-refractivity contribution in [3.8, 4) is 11.1 Å². The minimum atomic E-state index is -0.968. The zero-order valence-corrected chi connectivity index (χ0v) is 9.97. The first-order chi connectivity index (χ1) is 8.50. The Kier molecular flexibility index (Phi) is 2.93. The van der Waals surface area contributed by atoms with Crippen LogP contribution in [0.2, 0.25) is 0 Å². The average Bonchev–Trinajstić information content (AvgIpc) is 2.33. The van der Waals surface area contributed by atoms with Crippen molar-refractivity contribution in [2.24, 2.45) is 0 Å². The third kappa shape index (κ3) is 2.00. The molecule has 0 bridgehead atoms. The minimum Gasteiger partial charge on any atom is -0.478 e. The van der Waals surface area contributed by atoms with Gasteiger partial charge in [-0.1, -0.05) is 12.1 Å². The van der Waals surface area contributed by atoms with Gasteiger partial charge in [0.2, 0.25) is 0 Å². The Balaban J connectivity index is 2.71. The van der Waals surface area contributed by atoms with E-state index in [9.17, 15) is 9.90 Å². The van der Waals surface area contributed by atoms with Gasteiger partial charge in [-0.05, 0) is 42.3 Å². The van der Waals surface area contributed by atoms with Crippen LogP contribution < -0.4 is 11.5 Å². The molecule has 2 aromatic rings. The van der Waals surface area contributed by atoms with Crippen molar-refractivity contribution in [2.75, 3.05) is 11.5 Å². The highest BCUT2D eigenvalue weighted by Gasteiger charge is 2.15. The summed E-state index contributed by atoms with van der Waals surface area (Å²) in [6, 6.07) is 10.2. The summed E-state index contributed by atoms with van der Waals surface area (Å²) < 4.78 is 0. The van der Waals surface area contributed by atoms with Gasteiger partial charge < -0.3 is 16.6 Å². The Hall–Kier alpha value is -2.49.